The van der Waals surface area contributed by atoms with Crippen LogP contribution in [0.5, 0.6) is 0 Å². The van der Waals surface area contributed by atoms with Gasteiger partial charge in [0.25, 0.3) is 0 Å². The van der Waals surface area contributed by atoms with Crippen molar-refractivity contribution in [2.24, 2.45) is 0 Å². The van der Waals surface area contributed by atoms with Crippen molar-refractivity contribution in [3.63, 3.8) is 0 Å². The van der Waals surface area contributed by atoms with Gasteiger partial charge in [0.2, 0.25) is 0 Å². The average Bonchev–Trinajstić information content (AvgIpc) is 3.13. The van der Waals surface area contributed by atoms with E-state index in [0.29, 0.717) is 5.82 Å². The standard InChI is InChI=1S/C42H28N2O/c45-40-34-23-10-12-25-36(34)42(32-20-8-3-9-21-32,37-26-13-11-24-35(37)40)33-22-14-19-31(27-33)41-43-38(29-15-4-1-5-16-29)28-39(44-41)30-17-6-2-7-18-30/h1-28H. The summed E-state index contributed by atoms with van der Waals surface area (Å²) in [5.41, 5.74) is 9.50. The van der Waals surface area contributed by atoms with E-state index < -0.39 is 5.41 Å². The normalized spacial score (nSPS) is 13.1. The van der Waals surface area contributed by atoms with E-state index >= 15 is 0 Å². The van der Waals surface area contributed by atoms with E-state index in [1.165, 1.54) is 0 Å². The van der Waals surface area contributed by atoms with Crippen molar-refractivity contribution in [2.75, 3.05) is 0 Å². The minimum atomic E-state index is -0.725. The first-order chi connectivity index (χ1) is 22.2. The summed E-state index contributed by atoms with van der Waals surface area (Å²) in [5, 5.41) is 0. The van der Waals surface area contributed by atoms with Crippen LogP contribution in [-0.2, 0) is 5.41 Å². The molecule has 8 rings (SSSR count). The topological polar surface area (TPSA) is 42.9 Å². The molecule has 0 aliphatic heterocycles. The van der Waals surface area contributed by atoms with Gasteiger partial charge in [-0.1, -0.05) is 158 Å². The summed E-state index contributed by atoms with van der Waals surface area (Å²) in [7, 11) is 0. The van der Waals surface area contributed by atoms with Crippen LogP contribution in [0.15, 0.2) is 170 Å². The second-order valence-electron chi connectivity index (χ2n) is 11.3. The Kier molecular flexibility index (Phi) is 6.50. The highest BCUT2D eigenvalue weighted by Gasteiger charge is 2.46. The zero-order valence-electron chi connectivity index (χ0n) is 24.5. The highest BCUT2D eigenvalue weighted by Crippen LogP contribution is 2.51. The third kappa shape index (κ3) is 4.40. The Bertz CT molecular complexity index is 2070. The van der Waals surface area contributed by atoms with E-state index in [1.54, 1.807) is 0 Å². The number of carbonyl (C=O) groups excluding carboxylic acids is 1. The van der Waals surface area contributed by atoms with Crippen molar-refractivity contribution < 1.29 is 4.79 Å². The first-order valence-electron chi connectivity index (χ1n) is 15.1. The Hall–Kier alpha value is -5.93. The summed E-state index contributed by atoms with van der Waals surface area (Å²) in [6.07, 6.45) is 0. The monoisotopic (exact) mass is 576 g/mol. The summed E-state index contributed by atoms with van der Waals surface area (Å²) in [6.45, 7) is 0. The number of fused-ring (bicyclic) bond motifs is 2. The number of hydrogen-bond acceptors (Lipinski definition) is 3. The molecule has 3 heteroatoms. The third-order valence-electron chi connectivity index (χ3n) is 8.78. The molecule has 1 aliphatic rings. The maximum Gasteiger partial charge on any atom is 0.193 e. The first-order valence-corrected chi connectivity index (χ1v) is 15.1. The van der Waals surface area contributed by atoms with Crippen LogP contribution >= 0.6 is 0 Å². The van der Waals surface area contributed by atoms with Crippen LogP contribution in [-0.4, -0.2) is 15.8 Å². The van der Waals surface area contributed by atoms with Gasteiger partial charge in [-0.25, -0.2) is 9.97 Å². The van der Waals surface area contributed by atoms with Gasteiger partial charge in [-0.2, -0.15) is 0 Å². The number of nitrogens with zero attached hydrogens (tertiary/aromatic N) is 2. The lowest BCUT2D eigenvalue weighted by Gasteiger charge is -2.41. The van der Waals surface area contributed by atoms with E-state index in [0.717, 1.165) is 61.5 Å². The van der Waals surface area contributed by atoms with Gasteiger partial charge in [0.05, 0.1) is 16.8 Å². The maximum atomic E-state index is 13.9. The Balaban J connectivity index is 1.41. The summed E-state index contributed by atoms with van der Waals surface area (Å²) >= 11 is 0. The molecular weight excluding hydrogens is 548 g/mol. The molecule has 212 valence electrons. The van der Waals surface area contributed by atoms with Gasteiger partial charge in [0.1, 0.15) is 0 Å². The first kappa shape index (κ1) is 26.7. The van der Waals surface area contributed by atoms with Crippen LogP contribution < -0.4 is 0 Å². The summed E-state index contributed by atoms with van der Waals surface area (Å²) in [5.74, 6) is 0.698. The van der Waals surface area contributed by atoms with Crippen LogP contribution in [0.25, 0.3) is 33.9 Å². The smallest absolute Gasteiger partial charge is 0.193 e. The third-order valence-corrected chi connectivity index (χ3v) is 8.78. The van der Waals surface area contributed by atoms with Gasteiger partial charge in [-0.3, -0.25) is 4.79 Å². The van der Waals surface area contributed by atoms with E-state index in [4.69, 9.17) is 9.97 Å². The number of ketones is 1. The minimum Gasteiger partial charge on any atom is -0.289 e. The summed E-state index contributed by atoms with van der Waals surface area (Å²) in [4.78, 5) is 24.1. The number of rotatable bonds is 5. The Labute approximate surface area is 262 Å². The molecule has 1 heterocycles. The fourth-order valence-corrected chi connectivity index (χ4v) is 6.76. The van der Waals surface area contributed by atoms with E-state index in [2.05, 4.69) is 91.0 Å². The number of hydrogen-bond donors (Lipinski definition) is 0. The zero-order valence-corrected chi connectivity index (χ0v) is 24.5. The van der Waals surface area contributed by atoms with Crippen molar-refractivity contribution in [3.8, 4) is 33.9 Å². The van der Waals surface area contributed by atoms with Crippen LogP contribution in [0.2, 0.25) is 0 Å². The lowest BCUT2D eigenvalue weighted by molar-refractivity contribution is 0.103. The van der Waals surface area contributed by atoms with Crippen molar-refractivity contribution in [3.05, 3.63) is 203 Å². The van der Waals surface area contributed by atoms with Crippen molar-refractivity contribution in [1.29, 1.82) is 0 Å². The van der Waals surface area contributed by atoms with Gasteiger partial charge in [-0.15, -0.1) is 0 Å². The van der Waals surface area contributed by atoms with Gasteiger partial charge in [-0.05, 0) is 34.4 Å². The molecule has 0 unspecified atom stereocenters. The fourth-order valence-electron chi connectivity index (χ4n) is 6.76. The summed E-state index contributed by atoms with van der Waals surface area (Å²) in [6, 6.07) is 57.6. The van der Waals surface area contributed by atoms with Gasteiger partial charge >= 0.3 is 0 Å². The number of carbonyl (C=O) groups is 1. The molecule has 7 aromatic rings. The molecule has 0 fully saturated rings. The highest BCUT2D eigenvalue weighted by atomic mass is 16.1. The minimum absolute atomic E-state index is 0.0512. The molecule has 6 aromatic carbocycles. The molecule has 0 N–H and O–H groups in total. The van der Waals surface area contributed by atoms with E-state index in [1.807, 2.05) is 78.9 Å². The fraction of sp³-hybridized carbons (Fsp3) is 0.0238. The second kappa shape index (κ2) is 11.0. The quantitative estimate of drug-likeness (QED) is 0.205. The summed E-state index contributed by atoms with van der Waals surface area (Å²) < 4.78 is 0. The van der Waals surface area contributed by atoms with Crippen molar-refractivity contribution >= 4 is 5.78 Å². The molecule has 0 atom stereocenters. The highest BCUT2D eigenvalue weighted by molar-refractivity contribution is 6.14. The predicted molar refractivity (Wildman–Crippen MR) is 180 cm³/mol. The maximum absolute atomic E-state index is 13.9. The number of benzene rings is 6. The van der Waals surface area contributed by atoms with Gasteiger partial charge < -0.3 is 0 Å². The molecule has 0 saturated heterocycles. The van der Waals surface area contributed by atoms with Crippen molar-refractivity contribution in [1.82, 2.24) is 9.97 Å². The molecule has 45 heavy (non-hydrogen) atoms. The average molecular weight is 577 g/mol. The molecule has 0 amide bonds. The Morgan fingerprint density at radius 3 is 1.40 bits per heavy atom. The van der Waals surface area contributed by atoms with E-state index in [9.17, 15) is 4.79 Å². The lowest BCUT2D eigenvalue weighted by atomic mass is 9.59. The number of aromatic nitrogens is 2. The van der Waals surface area contributed by atoms with Crippen LogP contribution in [0, 0.1) is 0 Å². The Morgan fingerprint density at radius 1 is 0.400 bits per heavy atom. The van der Waals surface area contributed by atoms with Crippen LogP contribution in [0.4, 0.5) is 0 Å². The molecule has 0 spiro atoms. The molecule has 0 radical (unpaired) electrons. The van der Waals surface area contributed by atoms with Gasteiger partial charge in [0, 0.05) is 27.8 Å². The Morgan fingerprint density at radius 2 is 0.844 bits per heavy atom. The lowest BCUT2D eigenvalue weighted by Crippen LogP contribution is -2.38. The zero-order chi connectivity index (χ0) is 30.2. The SMILES string of the molecule is O=C1c2ccccc2C(c2ccccc2)(c2cccc(-c3nc(-c4ccccc4)cc(-c4ccccc4)n3)c2)c2ccccc21. The molecule has 1 aliphatic carbocycles. The molecule has 0 saturated carbocycles. The largest absolute Gasteiger partial charge is 0.289 e. The van der Waals surface area contributed by atoms with Crippen LogP contribution in [0.1, 0.15) is 38.2 Å². The predicted octanol–water partition coefficient (Wildman–Crippen LogP) is 9.40. The molecule has 1 aromatic heterocycles. The van der Waals surface area contributed by atoms with Crippen molar-refractivity contribution in [2.45, 2.75) is 5.41 Å². The molecule has 3 nitrogen and oxygen atoms in total. The van der Waals surface area contributed by atoms with Gasteiger partial charge in [0.15, 0.2) is 11.6 Å². The molecule has 0 bridgehead atoms. The second-order valence-corrected chi connectivity index (χ2v) is 11.3. The van der Waals surface area contributed by atoms with Crippen LogP contribution in [0.3, 0.4) is 0 Å². The van der Waals surface area contributed by atoms with E-state index in [-0.39, 0.29) is 5.78 Å². The molecular formula is C42H28N2O.